The molecule has 0 aliphatic rings. The van der Waals surface area contributed by atoms with Crippen LogP contribution in [0.15, 0.2) is 48.5 Å². The van der Waals surface area contributed by atoms with E-state index in [1.165, 1.54) is 29.2 Å². The van der Waals surface area contributed by atoms with E-state index < -0.39 is 16.7 Å². The third-order valence-corrected chi connectivity index (χ3v) is 6.05. The van der Waals surface area contributed by atoms with Crippen molar-refractivity contribution in [3.05, 3.63) is 81.0 Å². The number of nitro groups is 1. The van der Waals surface area contributed by atoms with Gasteiger partial charge in [-0.25, -0.2) is 4.68 Å². The summed E-state index contributed by atoms with van der Waals surface area (Å²) in [6.07, 6.45) is 0. The second-order valence-corrected chi connectivity index (χ2v) is 10.2. The minimum atomic E-state index is -0.551. The van der Waals surface area contributed by atoms with Gasteiger partial charge in [0.25, 0.3) is 11.6 Å². The molecule has 0 aliphatic carbocycles. The lowest BCUT2D eigenvalue weighted by atomic mass is 9.92. The van der Waals surface area contributed by atoms with E-state index in [1.807, 2.05) is 58.9 Å². The number of hydrogen-bond acceptors (Lipinski definition) is 5. The van der Waals surface area contributed by atoms with Crippen molar-refractivity contribution in [2.45, 2.75) is 59.9 Å². The van der Waals surface area contributed by atoms with Crippen LogP contribution in [0.2, 0.25) is 0 Å². The summed E-state index contributed by atoms with van der Waals surface area (Å²) < 4.78 is 1.73. The summed E-state index contributed by atoms with van der Waals surface area (Å²) in [5.41, 5.74) is 3.54. The van der Waals surface area contributed by atoms with Crippen LogP contribution in [0.1, 0.15) is 61.8 Å². The number of carbonyl (C=O) groups excluding carboxylic acids is 2. The van der Waals surface area contributed by atoms with Gasteiger partial charge in [-0.1, -0.05) is 39.0 Å². The van der Waals surface area contributed by atoms with Crippen LogP contribution in [-0.4, -0.2) is 44.0 Å². The molecule has 0 unspecified atom stereocenters. The van der Waals surface area contributed by atoms with Crippen molar-refractivity contribution < 1.29 is 14.5 Å². The lowest BCUT2D eigenvalue weighted by Crippen LogP contribution is -2.42. The number of anilines is 1. The molecule has 1 heterocycles. The molecule has 0 bridgehead atoms. The van der Waals surface area contributed by atoms with Gasteiger partial charge >= 0.3 is 0 Å². The van der Waals surface area contributed by atoms with Gasteiger partial charge in [0.15, 0.2) is 0 Å². The summed E-state index contributed by atoms with van der Waals surface area (Å²) in [4.78, 5) is 38.3. The quantitative estimate of drug-likeness (QED) is 0.361. The number of nitro benzene ring substituents is 1. The Bertz CT molecular complexity index is 1300. The predicted molar refractivity (Wildman–Crippen MR) is 140 cm³/mol. The zero-order valence-corrected chi connectivity index (χ0v) is 21.8. The zero-order chi connectivity index (χ0) is 26.8. The molecule has 1 N–H and O–H groups in total. The van der Waals surface area contributed by atoms with Crippen LogP contribution in [0.3, 0.4) is 0 Å². The van der Waals surface area contributed by atoms with Crippen LogP contribution in [0.4, 0.5) is 11.5 Å². The molecule has 3 aromatic rings. The zero-order valence-electron chi connectivity index (χ0n) is 21.8. The van der Waals surface area contributed by atoms with Gasteiger partial charge in [-0.15, -0.1) is 0 Å². The lowest BCUT2D eigenvalue weighted by molar-refractivity contribution is -0.384. The van der Waals surface area contributed by atoms with Crippen molar-refractivity contribution in [2.75, 3.05) is 11.9 Å². The summed E-state index contributed by atoms with van der Waals surface area (Å²) in [6.45, 7) is 13.5. The molecule has 9 heteroatoms. The van der Waals surface area contributed by atoms with Crippen molar-refractivity contribution in [1.82, 2.24) is 14.7 Å². The molecule has 0 saturated heterocycles. The van der Waals surface area contributed by atoms with Crippen molar-refractivity contribution in [3.8, 4) is 5.69 Å². The topological polar surface area (TPSA) is 110 Å². The number of hydrogen-bond donors (Lipinski definition) is 1. The molecule has 36 heavy (non-hydrogen) atoms. The molecule has 2 amide bonds. The van der Waals surface area contributed by atoms with E-state index in [0.29, 0.717) is 5.82 Å². The fourth-order valence-corrected chi connectivity index (χ4v) is 3.73. The molecule has 0 spiro atoms. The number of nitrogens with one attached hydrogen (secondary N) is 1. The Kier molecular flexibility index (Phi) is 7.62. The SMILES string of the molecule is Cc1cccc(-n2nc(C(C)(C)C)cc2NC(=O)CN(C(=O)c2cccc([N+](=O)[O-])c2)C(C)C)c1C. The molecule has 2 aromatic carbocycles. The highest BCUT2D eigenvalue weighted by Gasteiger charge is 2.26. The first-order valence-electron chi connectivity index (χ1n) is 11.8. The number of nitrogens with zero attached hydrogens (tertiary/aromatic N) is 4. The van der Waals surface area contributed by atoms with Crippen LogP contribution in [0, 0.1) is 24.0 Å². The minimum absolute atomic E-state index is 0.154. The first kappa shape index (κ1) is 26.6. The van der Waals surface area contributed by atoms with E-state index in [-0.39, 0.29) is 29.3 Å². The average Bonchev–Trinajstić information content (AvgIpc) is 3.22. The Morgan fingerprint density at radius 1 is 1.11 bits per heavy atom. The molecule has 0 fully saturated rings. The lowest BCUT2D eigenvalue weighted by Gasteiger charge is -2.26. The largest absolute Gasteiger partial charge is 0.327 e. The van der Waals surface area contributed by atoms with Gasteiger partial charge in [0.1, 0.15) is 12.4 Å². The summed E-state index contributed by atoms with van der Waals surface area (Å²) >= 11 is 0. The number of aromatic nitrogens is 2. The number of non-ortho nitro benzene ring substituents is 1. The van der Waals surface area contributed by atoms with E-state index >= 15 is 0 Å². The molecule has 190 valence electrons. The Labute approximate surface area is 211 Å². The first-order valence-corrected chi connectivity index (χ1v) is 11.8. The first-order chi connectivity index (χ1) is 16.8. The smallest absolute Gasteiger partial charge is 0.270 e. The number of amides is 2. The fourth-order valence-electron chi connectivity index (χ4n) is 3.73. The molecule has 0 radical (unpaired) electrons. The van der Waals surface area contributed by atoms with Gasteiger partial charge in [-0.3, -0.25) is 19.7 Å². The molecule has 3 rings (SSSR count). The van der Waals surface area contributed by atoms with Gasteiger partial charge in [0.2, 0.25) is 5.91 Å². The van der Waals surface area contributed by atoms with Crippen molar-refractivity contribution >= 4 is 23.3 Å². The van der Waals surface area contributed by atoms with Crippen molar-refractivity contribution in [2.24, 2.45) is 0 Å². The number of benzene rings is 2. The molecule has 9 nitrogen and oxygen atoms in total. The molecule has 0 aliphatic heterocycles. The number of carbonyl (C=O) groups is 2. The van der Waals surface area contributed by atoms with Gasteiger partial charge in [-0.05, 0) is 51.0 Å². The van der Waals surface area contributed by atoms with Crippen molar-refractivity contribution in [1.29, 1.82) is 0 Å². The third kappa shape index (κ3) is 5.79. The molecule has 0 atom stereocenters. The predicted octanol–water partition coefficient (Wildman–Crippen LogP) is 5.18. The monoisotopic (exact) mass is 491 g/mol. The Morgan fingerprint density at radius 3 is 2.39 bits per heavy atom. The highest BCUT2D eigenvalue weighted by atomic mass is 16.6. The Morgan fingerprint density at radius 2 is 1.78 bits per heavy atom. The minimum Gasteiger partial charge on any atom is -0.327 e. The molecular formula is C27H33N5O4. The second-order valence-electron chi connectivity index (χ2n) is 10.2. The summed E-state index contributed by atoms with van der Waals surface area (Å²) in [6, 6.07) is 13.0. The van der Waals surface area contributed by atoms with Crippen LogP contribution >= 0.6 is 0 Å². The maximum absolute atomic E-state index is 13.2. The fraction of sp³-hybridized carbons (Fsp3) is 0.370. The maximum atomic E-state index is 13.2. The van der Waals surface area contributed by atoms with Crippen LogP contribution in [-0.2, 0) is 10.2 Å². The highest BCUT2D eigenvalue weighted by Crippen LogP contribution is 2.28. The second kappa shape index (κ2) is 10.3. The van der Waals surface area contributed by atoms with Gasteiger partial charge in [0, 0.05) is 35.2 Å². The van der Waals surface area contributed by atoms with Crippen LogP contribution in [0.5, 0.6) is 0 Å². The highest BCUT2D eigenvalue weighted by molar-refractivity contribution is 5.99. The summed E-state index contributed by atoms with van der Waals surface area (Å²) in [7, 11) is 0. The normalized spacial score (nSPS) is 11.4. The van der Waals surface area contributed by atoms with E-state index in [0.717, 1.165) is 22.5 Å². The molecule has 0 saturated carbocycles. The third-order valence-electron chi connectivity index (χ3n) is 6.05. The Balaban J connectivity index is 1.91. The maximum Gasteiger partial charge on any atom is 0.270 e. The van der Waals surface area contributed by atoms with Crippen molar-refractivity contribution in [3.63, 3.8) is 0 Å². The number of rotatable bonds is 7. The molecule has 1 aromatic heterocycles. The van der Waals surface area contributed by atoms with Crippen LogP contribution in [0.25, 0.3) is 5.69 Å². The number of aryl methyl sites for hydroxylation is 1. The van der Waals surface area contributed by atoms with E-state index in [4.69, 9.17) is 5.10 Å². The van der Waals surface area contributed by atoms with Gasteiger partial charge in [0.05, 0.1) is 16.3 Å². The van der Waals surface area contributed by atoms with Gasteiger partial charge in [-0.2, -0.15) is 5.10 Å². The average molecular weight is 492 g/mol. The Hall–Kier alpha value is -4.01. The van der Waals surface area contributed by atoms with Gasteiger partial charge < -0.3 is 10.2 Å². The molecular weight excluding hydrogens is 458 g/mol. The van der Waals surface area contributed by atoms with E-state index in [9.17, 15) is 19.7 Å². The van der Waals surface area contributed by atoms with E-state index in [2.05, 4.69) is 5.32 Å². The van der Waals surface area contributed by atoms with E-state index in [1.54, 1.807) is 18.5 Å². The van der Waals surface area contributed by atoms with Crippen LogP contribution < -0.4 is 5.32 Å². The summed E-state index contributed by atoms with van der Waals surface area (Å²) in [5.74, 6) is -0.346. The summed E-state index contributed by atoms with van der Waals surface area (Å²) in [5, 5.41) is 18.9. The standard InChI is InChI=1S/C27H33N5O4/c1-17(2)30(26(34)20-11-9-12-21(14-20)32(35)36)16-25(33)28-24-15-23(27(5,6)7)29-31(24)22-13-8-10-18(3)19(22)4/h8-15,17H,16H2,1-7H3,(H,28,33).